The van der Waals surface area contributed by atoms with Crippen LogP contribution in [0.1, 0.15) is 59.3 Å². The van der Waals surface area contributed by atoms with E-state index in [-0.39, 0.29) is 0 Å². The minimum Gasteiger partial charge on any atom is -0.385 e. The lowest BCUT2D eigenvalue weighted by molar-refractivity contribution is 0.175. The maximum Gasteiger partial charge on any atom is 0.0476 e. The van der Waals surface area contributed by atoms with Crippen LogP contribution in [0.15, 0.2) is 0 Å². The van der Waals surface area contributed by atoms with Crippen LogP contribution in [-0.4, -0.2) is 25.8 Å². The molecule has 1 aliphatic rings. The van der Waals surface area contributed by atoms with Crippen molar-refractivity contribution in [3.8, 4) is 0 Å². The van der Waals surface area contributed by atoms with E-state index in [4.69, 9.17) is 4.74 Å². The van der Waals surface area contributed by atoms with E-state index in [2.05, 4.69) is 26.1 Å². The van der Waals surface area contributed by atoms with Crippen LogP contribution in [0.4, 0.5) is 0 Å². The van der Waals surface area contributed by atoms with Crippen molar-refractivity contribution in [2.24, 2.45) is 11.8 Å². The molecule has 0 amide bonds. The van der Waals surface area contributed by atoms with Gasteiger partial charge in [0, 0.05) is 25.8 Å². The fraction of sp³-hybridized carbons (Fsp3) is 1.00. The van der Waals surface area contributed by atoms with Crippen LogP contribution >= 0.6 is 0 Å². The fourth-order valence-corrected chi connectivity index (χ4v) is 3.10. The summed E-state index contributed by atoms with van der Waals surface area (Å²) >= 11 is 0. The molecule has 0 aliphatic heterocycles. The summed E-state index contributed by atoms with van der Waals surface area (Å²) in [6, 6.07) is 1.34. The predicted molar refractivity (Wildman–Crippen MR) is 74.3 cm³/mol. The molecule has 3 atom stereocenters. The predicted octanol–water partition coefficient (Wildman–Crippen LogP) is 3.61. The first-order chi connectivity index (χ1) is 8.11. The Kier molecular flexibility index (Phi) is 7.14. The summed E-state index contributed by atoms with van der Waals surface area (Å²) in [5.41, 5.74) is 0. The van der Waals surface area contributed by atoms with Gasteiger partial charge in [-0.05, 0) is 44.4 Å². The topological polar surface area (TPSA) is 21.3 Å². The van der Waals surface area contributed by atoms with Crippen molar-refractivity contribution in [2.75, 3.05) is 13.7 Å². The molecule has 1 N–H and O–H groups in total. The summed E-state index contributed by atoms with van der Waals surface area (Å²) in [7, 11) is 1.78. The van der Waals surface area contributed by atoms with Crippen molar-refractivity contribution in [3.63, 3.8) is 0 Å². The molecular formula is C15H31NO. The van der Waals surface area contributed by atoms with Crippen LogP contribution in [0.2, 0.25) is 0 Å². The molecule has 0 aromatic rings. The van der Waals surface area contributed by atoms with E-state index in [9.17, 15) is 0 Å². The van der Waals surface area contributed by atoms with Gasteiger partial charge in [0.15, 0.2) is 0 Å². The van der Waals surface area contributed by atoms with Gasteiger partial charge in [0.1, 0.15) is 0 Å². The van der Waals surface area contributed by atoms with Crippen LogP contribution in [0.25, 0.3) is 0 Å². The normalized spacial score (nSPS) is 27.4. The quantitative estimate of drug-likeness (QED) is 0.735. The van der Waals surface area contributed by atoms with E-state index >= 15 is 0 Å². The lowest BCUT2D eigenvalue weighted by Gasteiger charge is -2.32. The maximum atomic E-state index is 5.14. The summed E-state index contributed by atoms with van der Waals surface area (Å²) < 4.78 is 5.14. The van der Waals surface area contributed by atoms with Gasteiger partial charge < -0.3 is 10.1 Å². The monoisotopic (exact) mass is 241 g/mol. The Balaban J connectivity index is 2.24. The average molecular weight is 241 g/mol. The highest BCUT2D eigenvalue weighted by atomic mass is 16.5. The molecule has 1 saturated carbocycles. The van der Waals surface area contributed by atoms with Crippen molar-refractivity contribution in [1.82, 2.24) is 5.32 Å². The van der Waals surface area contributed by atoms with E-state index in [1.165, 1.54) is 32.1 Å². The molecule has 0 aromatic carbocycles. The minimum absolute atomic E-state index is 0.595. The first kappa shape index (κ1) is 15.0. The molecule has 0 spiro atoms. The van der Waals surface area contributed by atoms with Crippen LogP contribution in [0.3, 0.4) is 0 Å². The second-order valence-corrected chi connectivity index (χ2v) is 6.21. The second kappa shape index (κ2) is 8.10. The van der Waals surface area contributed by atoms with Crippen molar-refractivity contribution in [3.05, 3.63) is 0 Å². The molecule has 2 nitrogen and oxygen atoms in total. The van der Waals surface area contributed by atoms with E-state index in [1.807, 2.05) is 0 Å². The Hall–Kier alpha value is -0.0800. The molecule has 0 heterocycles. The zero-order chi connectivity index (χ0) is 12.7. The molecule has 0 bridgehead atoms. The molecule has 0 aromatic heterocycles. The first-order valence-electron chi connectivity index (χ1n) is 7.36. The maximum absolute atomic E-state index is 5.14. The molecule has 0 radical (unpaired) electrons. The van der Waals surface area contributed by atoms with Gasteiger partial charge in [0.25, 0.3) is 0 Å². The molecule has 17 heavy (non-hydrogen) atoms. The fourth-order valence-electron chi connectivity index (χ4n) is 3.10. The largest absolute Gasteiger partial charge is 0.385 e. The van der Waals surface area contributed by atoms with Gasteiger partial charge >= 0.3 is 0 Å². The van der Waals surface area contributed by atoms with Crippen molar-refractivity contribution in [1.29, 1.82) is 0 Å². The third kappa shape index (κ3) is 6.42. The van der Waals surface area contributed by atoms with Crippen molar-refractivity contribution >= 4 is 0 Å². The summed E-state index contributed by atoms with van der Waals surface area (Å²) in [5, 5.41) is 3.78. The summed E-state index contributed by atoms with van der Waals surface area (Å²) in [6.45, 7) is 7.85. The van der Waals surface area contributed by atoms with Crippen molar-refractivity contribution in [2.45, 2.75) is 71.4 Å². The molecular weight excluding hydrogens is 210 g/mol. The highest BCUT2D eigenvalue weighted by Gasteiger charge is 2.23. The van der Waals surface area contributed by atoms with E-state index in [0.717, 1.165) is 30.9 Å². The highest BCUT2D eigenvalue weighted by Crippen LogP contribution is 2.29. The Morgan fingerprint density at radius 2 is 2.00 bits per heavy atom. The summed E-state index contributed by atoms with van der Waals surface area (Å²) in [4.78, 5) is 0. The number of rotatable bonds is 7. The number of ether oxygens (including phenoxy) is 1. The van der Waals surface area contributed by atoms with Gasteiger partial charge in [0.2, 0.25) is 0 Å². The zero-order valence-electron chi connectivity index (χ0n) is 12.2. The lowest BCUT2D eigenvalue weighted by Crippen LogP contribution is -2.40. The van der Waals surface area contributed by atoms with E-state index in [1.54, 1.807) is 7.11 Å². The lowest BCUT2D eigenvalue weighted by atomic mass is 9.81. The second-order valence-electron chi connectivity index (χ2n) is 6.21. The van der Waals surface area contributed by atoms with Crippen LogP contribution in [-0.2, 0) is 4.74 Å². The van der Waals surface area contributed by atoms with E-state index < -0.39 is 0 Å². The van der Waals surface area contributed by atoms with Crippen LogP contribution in [0, 0.1) is 11.8 Å². The molecule has 102 valence electrons. The highest BCUT2D eigenvalue weighted by molar-refractivity contribution is 4.80. The van der Waals surface area contributed by atoms with E-state index in [0.29, 0.717) is 6.04 Å². The first-order valence-corrected chi connectivity index (χ1v) is 7.36. The average Bonchev–Trinajstić information content (AvgIpc) is 2.26. The third-order valence-electron chi connectivity index (χ3n) is 3.86. The van der Waals surface area contributed by atoms with Gasteiger partial charge in [-0.3, -0.25) is 0 Å². The molecule has 2 heteroatoms. The molecule has 3 unspecified atom stereocenters. The van der Waals surface area contributed by atoms with Crippen molar-refractivity contribution < 1.29 is 4.74 Å². The molecule has 1 fully saturated rings. The number of hydrogen-bond acceptors (Lipinski definition) is 2. The standard InChI is InChI=1S/C15H31NO/c1-12(2)10-14-6-5-7-15(11-14)16-13(3)8-9-17-4/h12-16H,5-11H2,1-4H3. The van der Waals surface area contributed by atoms with Gasteiger partial charge in [-0.1, -0.05) is 26.7 Å². The molecule has 1 rings (SSSR count). The summed E-state index contributed by atoms with van der Waals surface area (Å²) in [6.07, 6.45) is 8.14. The number of hydrogen-bond donors (Lipinski definition) is 1. The van der Waals surface area contributed by atoms with Crippen LogP contribution in [0.5, 0.6) is 0 Å². The smallest absolute Gasteiger partial charge is 0.0476 e. The molecule has 0 saturated heterocycles. The third-order valence-corrected chi connectivity index (χ3v) is 3.86. The SMILES string of the molecule is COCCC(C)NC1CCCC(CC(C)C)C1. The van der Waals surface area contributed by atoms with Crippen LogP contribution < -0.4 is 5.32 Å². The minimum atomic E-state index is 0.595. The Labute approximate surface area is 108 Å². The van der Waals surface area contributed by atoms with Gasteiger partial charge in [-0.15, -0.1) is 0 Å². The summed E-state index contributed by atoms with van der Waals surface area (Å²) in [5.74, 6) is 1.81. The number of methoxy groups -OCH3 is 1. The van der Waals surface area contributed by atoms with Gasteiger partial charge in [-0.25, -0.2) is 0 Å². The zero-order valence-corrected chi connectivity index (χ0v) is 12.2. The number of nitrogens with one attached hydrogen (secondary N) is 1. The Morgan fingerprint density at radius 1 is 1.24 bits per heavy atom. The van der Waals surface area contributed by atoms with Gasteiger partial charge in [0.05, 0.1) is 0 Å². The Morgan fingerprint density at radius 3 is 2.65 bits per heavy atom. The Bertz CT molecular complexity index is 193. The van der Waals surface area contributed by atoms with Gasteiger partial charge in [-0.2, -0.15) is 0 Å². The molecule has 1 aliphatic carbocycles.